The predicted octanol–water partition coefficient (Wildman–Crippen LogP) is 3.53. The largest absolute Gasteiger partial charge is 0.461 e. The van der Waals surface area contributed by atoms with Crippen molar-refractivity contribution in [3.05, 3.63) is 24.2 Å². The normalized spacial score (nSPS) is 23.1. The molecule has 1 fully saturated rings. The molecule has 1 amide bonds. The van der Waals surface area contributed by atoms with Gasteiger partial charge in [0.2, 0.25) is 11.7 Å². The van der Waals surface area contributed by atoms with Crippen LogP contribution in [-0.4, -0.2) is 21.1 Å². The fourth-order valence-corrected chi connectivity index (χ4v) is 4.11. The van der Waals surface area contributed by atoms with E-state index in [1.54, 1.807) is 18.4 Å². The minimum Gasteiger partial charge on any atom is -0.461 e. The van der Waals surface area contributed by atoms with Crippen LogP contribution in [0.25, 0.3) is 11.6 Å². The van der Waals surface area contributed by atoms with E-state index >= 15 is 0 Å². The second-order valence-electron chi connectivity index (χ2n) is 7.84. The van der Waals surface area contributed by atoms with Crippen LogP contribution in [0.15, 0.2) is 22.8 Å². The molecule has 2 aromatic heterocycles. The van der Waals surface area contributed by atoms with Crippen molar-refractivity contribution in [3.8, 4) is 11.6 Å². The number of rotatable bonds is 5. The SMILES string of the molecule is CC1CC(CC(=O)NCc2nc(-c3ccco3)n[nH]2)CC(C)(C)C1. The molecule has 0 aliphatic heterocycles. The lowest BCUT2D eigenvalue weighted by Gasteiger charge is -2.38. The van der Waals surface area contributed by atoms with Gasteiger partial charge in [0.15, 0.2) is 5.76 Å². The maximum atomic E-state index is 12.2. The molecule has 2 N–H and O–H groups in total. The van der Waals surface area contributed by atoms with Crippen LogP contribution in [0.5, 0.6) is 0 Å². The Bertz CT molecular complexity index is 675. The summed E-state index contributed by atoms with van der Waals surface area (Å²) < 4.78 is 5.26. The van der Waals surface area contributed by atoms with E-state index in [1.165, 1.54) is 6.42 Å². The molecule has 1 aliphatic carbocycles. The van der Waals surface area contributed by atoms with Crippen molar-refractivity contribution < 1.29 is 9.21 Å². The van der Waals surface area contributed by atoms with Crippen molar-refractivity contribution in [2.75, 3.05) is 0 Å². The Hall–Kier alpha value is -2.11. The van der Waals surface area contributed by atoms with Crippen LogP contribution in [0.1, 0.15) is 52.3 Å². The van der Waals surface area contributed by atoms with Gasteiger partial charge >= 0.3 is 0 Å². The molecule has 1 aliphatic rings. The second-order valence-corrected chi connectivity index (χ2v) is 7.84. The number of hydrogen-bond donors (Lipinski definition) is 2. The third-order valence-electron chi connectivity index (χ3n) is 4.68. The Morgan fingerprint density at radius 1 is 1.46 bits per heavy atom. The average Bonchev–Trinajstić information content (AvgIpc) is 3.14. The van der Waals surface area contributed by atoms with Gasteiger partial charge in [-0.05, 0) is 48.6 Å². The number of nitrogens with zero attached hydrogens (tertiary/aromatic N) is 2. The Balaban J connectivity index is 1.49. The minimum absolute atomic E-state index is 0.0841. The van der Waals surface area contributed by atoms with Crippen molar-refractivity contribution in [1.29, 1.82) is 0 Å². The number of H-pyrrole nitrogens is 1. The van der Waals surface area contributed by atoms with Crippen molar-refractivity contribution in [3.63, 3.8) is 0 Å². The summed E-state index contributed by atoms with van der Waals surface area (Å²) in [5, 5.41) is 9.88. The molecule has 0 radical (unpaired) electrons. The van der Waals surface area contributed by atoms with E-state index in [2.05, 4.69) is 41.3 Å². The molecule has 2 aromatic rings. The quantitative estimate of drug-likeness (QED) is 0.878. The molecule has 6 nitrogen and oxygen atoms in total. The van der Waals surface area contributed by atoms with Crippen LogP contribution >= 0.6 is 0 Å². The second kappa shape index (κ2) is 6.79. The highest BCUT2D eigenvalue weighted by molar-refractivity contribution is 5.76. The first-order valence-corrected chi connectivity index (χ1v) is 8.63. The summed E-state index contributed by atoms with van der Waals surface area (Å²) in [6.07, 6.45) is 5.68. The van der Waals surface area contributed by atoms with E-state index in [4.69, 9.17) is 4.42 Å². The van der Waals surface area contributed by atoms with Gasteiger partial charge in [-0.15, -0.1) is 5.10 Å². The Kier molecular flexibility index (Phi) is 4.73. The van der Waals surface area contributed by atoms with E-state index in [-0.39, 0.29) is 5.91 Å². The average molecular weight is 330 g/mol. The molecule has 0 spiro atoms. The Morgan fingerprint density at radius 3 is 3.00 bits per heavy atom. The lowest BCUT2D eigenvalue weighted by atomic mass is 9.67. The van der Waals surface area contributed by atoms with Gasteiger partial charge in [0, 0.05) is 6.42 Å². The van der Waals surface area contributed by atoms with E-state index in [0.29, 0.717) is 47.6 Å². The molecular weight excluding hydrogens is 304 g/mol. The number of amides is 1. The highest BCUT2D eigenvalue weighted by atomic mass is 16.3. The molecule has 2 heterocycles. The van der Waals surface area contributed by atoms with Gasteiger partial charge in [-0.25, -0.2) is 4.98 Å². The Morgan fingerprint density at radius 2 is 2.29 bits per heavy atom. The van der Waals surface area contributed by atoms with E-state index in [0.717, 1.165) is 12.8 Å². The van der Waals surface area contributed by atoms with Gasteiger partial charge in [-0.1, -0.05) is 20.8 Å². The van der Waals surface area contributed by atoms with E-state index in [9.17, 15) is 4.79 Å². The zero-order valence-corrected chi connectivity index (χ0v) is 14.6. The molecule has 130 valence electrons. The standard InChI is InChI=1S/C18H26N4O2/c1-12-7-13(10-18(2,3)9-12)8-16(23)19-11-15-20-17(22-21-15)14-5-4-6-24-14/h4-6,12-13H,7-11H2,1-3H3,(H,19,23)(H,20,21,22). The van der Waals surface area contributed by atoms with Gasteiger partial charge in [0.25, 0.3) is 0 Å². The summed E-state index contributed by atoms with van der Waals surface area (Å²) in [7, 11) is 0. The summed E-state index contributed by atoms with van der Waals surface area (Å²) in [6, 6.07) is 3.59. The van der Waals surface area contributed by atoms with Gasteiger partial charge in [-0.3, -0.25) is 9.89 Å². The zero-order chi connectivity index (χ0) is 17.2. The first-order valence-electron chi connectivity index (χ1n) is 8.63. The van der Waals surface area contributed by atoms with Gasteiger partial charge in [0.05, 0.1) is 12.8 Å². The number of carbonyl (C=O) groups excluding carboxylic acids is 1. The van der Waals surface area contributed by atoms with Crippen molar-refractivity contribution >= 4 is 5.91 Å². The number of carbonyl (C=O) groups is 1. The van der Waals surface area contributed by atoms with Gasteiger partial charge in [0.1, 0.15) is 5.82 Å². The van der Waals surface area contributed by atoms with E-state index < -0.39 is 0 Å². The maximum Gasteiger partial charge on any atom is 0.220 e. The van der Waals surface area contributed by atoms with Crippen molar-refractivity contribution in [2.45, 2.75) is 53.0 Å². The maximum absolute atomic E-state index is 12.2. The van der Waals surface area contributed by atoms with Gasteiger partial charge in [-0.2, -0.15) is 0 Å². The minimum atomic E-state index is 0.0841. The lowest BCUT2D eigenvalue weighted by molar-refractivity contribution is -0.122. The predicted molar refractivity (Wildman–Crippen MR) is 90.8 cm³/mol. The molecule has 3 rings (SSSR count). The number of nitrogens with one attached hydrogen (secondary N) is 2. The molecule has 0 saturated heterocycles. The highest BCUT2D eigenvalue weighted by Gasteiger charge is 2.32. The topological polar surface area (TPSA) is 83.8 Å². The first-order chi connectivity index (χ1) is 11.4. The van der Waals surface area contributed by atoms with Crippen LogP contribution in [0.4, 0.5) is 0 Å². The van der Waals surface area contributed by atoms with E-state index in [1.807, 2.05) is 0 Å². The summed E-state index contributed by atoms with van der Waals surface area (Å²) in [6.45, 7) is 7.26. The molecule has 1 saturated carbocycles. The summed E-state index contributed by atoms with van der Waals surface area (Å²) in [5.41, 5.74) is 0.339. The molecule has 0 bridgehead atoms. The molecular formula is C18H26N4O2. The monoisotopic (exact) mass is 330 g/mol. The van der Waals surface area contributed by atoms with Crippen molar-refractivity contribution in [1.82, 2.24) is 20.5 Å². The third kappa shape index (κ3) is 4.24. The summed E-state index contributed by atoms with van der Waals surface area (Å²) in [4.78, 5) is 16.6. The number of furan rings is 1. The third-order valence-corrected chi connectivity index (χ3v) is 4.68. The zero-order valence-electron chi connectivity index (χ0n) is 14.6. The molecule has 0 aromatic carbocycles. The van der Waals surface area contributed by atoms with Crippen molar-refractivity contribution in [2.24, 2.45) is 17.3 Å². The fourth-order valence-electron chi connectivity index (χ4n) is 4.11. The van der Waals surface area contributed by atoms with Crippen LogP contribution < -0.4 is 5.32 Å². The summed E-state index contributed by atoms with van der Waals surface area (Å²) >= 11 is 0. The van der Waals surface area contributed by atoms with Crippen LogP contribution in [-0.2, 0) is 11.3 Å². The molecule has 24 heavy (non-hydrogen) atoms. The van der Waals surface area contributed by atoms with Crippen LogP contribution in [0.2, 0.25) is 0 Å². The first kappa shape index (κ1) is 16.7. The number of aromatic amines is 1. The Labute approximate surface area is 142 Å². The molecule has 6 heteroatoms. The fraction of sp³-hybridized carbons (Fsp3) is 0.611. The number of hydrogen-bond acceptors (Lipinski definition) is 4. The smallest absolute Gasteiger partial charge is 0.220 e. The highest BCUT2D eigenvalue weighted by Crippen LogP contribution is 2.42. The molecule has 2 unspecified atom stereocenters. The van der Waals surface area contributed by atoms with Crippen LogP contribution in [0.3, 0.4) is 0 Å². The summed E-state index contributed by atoms with van der Waals surface area (Å²) in [5.74, 6) is 3.00. The van der Waals surface area contributed by atoms with Crippen LogP contribution in [0, 0.1) is 17.3 Å². The lowest BCUT2D eigenvalue weighted by Crippen LogP contribution is -2.32. The molecule has 2 atom stereocenters. The van der Waals surface area contributed by atoms with Gasteiger partial charge < -0.3 is 9.73 Å². The number of aromatic nitrogens is 3.